The first kappa shape index (κ1) is 13.1. The van der Waals surface area contributed by atoms with E-state index in [4.69, 9.17) is 10.2 Å². The van der Waals surface area contributed by atoms with Gasteiger partial charge in [-0.25, -0.2) is 0 Å². The molecule has 0 bridgehead atoms. The van der Waals surface area contributed by atoms with Crippen LogP contribution in [-0.4, -0.2) is 30.0 Å². The van der Waals surface area contributed by atoms with Crippen molar-refractivity contribution in [2.24, 2.45) is 0 Å². The van der Waals surface area contributed by atoms with Crippen LogP contribution < -0.4 is 0 Å². The Hall–Kier alpha value is -0.540. The van der Waals surface area contributed by atoms with Gasteiger partial charge in [-0.15, -0.1) is 0 Å². The fraction of sp³-hybridized carbons (Fsp3) is 0.750. The van der Waals surface area contributed by atoms with Gasteiger partial charge in [-0.1, -0.05) is 6.58 Å². The topological polar surface area (TPSA) is 49.7 Å². The molecule has 2 N–H and O–H groups in total. The highest BCUT2D eigenvalue weighted by molar-refractivity contribution is 4.45. The molecule has 11 heavy (non-hydrogen) atoms. The van der Waals surface area contributed by atoms with Gasteiger partial charge in [0.25, 0.3) is 0 Å². The number of hydrogen-bond donors (Lipinski definition) is 2. The first-order valence-electron chi connectivity index (χ1n) is 3.77. The summed E-state index contributed by atoms with van der Waals surface area (Å²) in [5, 5.41) is 16.2. The van der Waals surface area contributed by atoms with Crippen molar-refractivity contribution in [3.8, 4) is 0 Å². The van der Waals surface area contributed by atoms with E-state index in [2.05, 4.69) is 11.3 Å². The summed E-state index contributed by atoms with van der Waals surface area (Å²) < 4.78 is 4.60. The lowest BCUT2D eigenvalue weighted by Gasteiger charge is -1.85. The summed E-state index contributed by atoms with van der Waals surface area (Å²) in [7, 11) is 0. The number of rotatable bonds is 5. The maximum atomic E-state index is 8.09. The Morgan fingerprint density at radius 2 is 1.73 bits per heavy atom. The maximum absolute atomic E-state index is 8.09. The van der Waals surface area contributed by atoms with E-state index in [0.29, 0.717) is 0 Å². The Labute approximate surface area is 68.3 Å². The molecule has 0 saturated carbocycles. The summed E-state index contributed by atoms with van der Waals surface area (Å²) in [5.74, 6) is 0. The number of ether oxygens (including phenoxy) is 1. The quantitative estimate of drug-likeness (QED) is 0.467. The van der Waals surface area contributed by atoms with E-state index in [0.717, 1.165) is 19.4 Å². The van der Waals surface area contributed by atoms with Gasteiger partial charge in [0.05, 0.1) is 12.9 Å². The van der Waals surface area contributed by atoms with Crippen LogP contribution in [0.2, 0.25) is 0 Å². The molecule has 0 fully saturated rings. The van der Waals surface area contributed by atoms with Crippen LogP contribution in [0.1, 0.15) is 19.8 Å². The van der Waals surface area contributed by atoms with Crippen LogP contribution in [0, 0.1) is 0 Å². The van der Waals surface area contributed by atoms with Gasteiger partial charge in [-0.2, -0.15) is 0 Å². The third kappa shape index (κ3) is 26.5. The molecule has 0 aromatic heterocycles. The lowest BCUT2D eigenvalue weighted by molar-refractivity contribution is 0.242. The maximum Gasteiger partial charge on any atom is 0.0844 e. The molecule has 0 aliphatic carbocycles. The highest BCUT2D eigenvalue weighted by Gasteiger charge is 1.77. The van der Waals surface area contributed by atoms with E-state index in [-0.39, 0.29) is 13.2 Å². The van der Waals surface area contributed by atoms with Crippen LogP contribution in [-0.2, 0) is 4.74 Å². The summed E-state index contributed by atoms with van der Waals surface area (Å²) in [6.45, 7) is 6.36. The van der Waals surface area contributed by atoms with Crippen molar-refractivity contribution in [3.63, 3.8) is 0 Å². The van der Waals surface area contributed by atoms with E-state index < -0.39 is 0 Å². The summed E-state index contributed by atoms with van der Waals surface area (Å²) >= 11 is 0. The van der Waals surface area contributed by atoms with Crippen molar-refractivity contribution < 1.29 is 14.9 Å². The Kier molecular flexibility index (Phi) is 19.3. The monoisotopic (exact) mass is 162 g/mol. The molecular formula is C8H18O3. The molecule has 0 aliphatic heterocycles. The minimum atomic E-state index is 0.195. The largest absolute Gasteiger partial charge is 0.502 e. The fourth-order valence-corrected chi connectivity index (χ4v) is 0.341. The Balaban J connectivity index is 0. The molecule has 0 rings (SSSR count). The van der Waals surface area contributed by atoms with Gasteiger partial charge in [-0.3, -0.25) is 0 Å². The van der Waals surface area contributed by atoms with Crippen LogP contribution in [0.3, 0.4) is 0 Å². The number of aliphatic hydroxyl groups excluding tert-OH is 2. The number of hydrogen-bond acceptors (Lipinski definition) is 3. The van der Waals surface area contributed by atoms with Gasteiger partial charge in [0.15, 0.2) is 0 Å². The van der Waals surface area contributed by atoms with Gasteiger partial charge in [0, 0.05) is 13.2 Å². The first-order chi connectivity index (χ1) is 5.33. The fourth-order valence-electron chi connectivity index (χ4n) is 0.341. The Bertz CT molecular complexity index is 60.4. The van der Waals surface area contributed by atoms with Crippen molar-refractivity contribution >= 4 is 0 Å². The molecule has 3 nitrogen and oxygen atoms in total. The average molecular weight is 162 g/mol. The van der Waals surface area contributed by atoms with Crippen LogP contribution in [0.4, 0.5) is 0 Å². The van der Waals surface area contributed by atoms with E-state index in [1.807, 2.05) is 6.92 Å². The zero-order valence-corrected chi connectivity index (χ0v) is 7.12. The molecular weight excluding hydrogens is 144 g/mol. The smallest absolute Gasteiger partial charge is 0.0844 e. The second-order valence-corrected chi connectivity index (χ2v) is 1.78. The normalized spacial score (nSPS) is 7.91. The van der Waals surface area contributed by atoms with E-state index >= 15 is 0 Å². The molecule has 0 atom stereocenters. The van der Waals surface area contributed by atoms with Crippen LogP contribution in [0.5, 0.6) is 0 Å². The van der Waals surface area contributed by atoms with Gasteiger partial charge in [0.2, 0.25) is 0 Å². The molecule has 0 amide bonds. The second-order valence-electron chi connectivity index (χ2n) is 1.78. The zero-order valence-electron chi connectivity index (χ0n) is 7.12. The van der Waals surface area contributed by atoms with Crippen LogP contribution >= 0.6 is 0 Å². The predicted octanol–water partition coefficient (Wildman–Crippen LogP) is 0.918. The minimum Gasteiger partial charge on any atom is -0.502 e. The van der Waals surface area contributed by atoms with Gasteiger partial charge in [0.1, 0.15) is 0 Å². The van der Waals surface area contributed by atoms with Gasteiger partial charge >= 0.3 is 0 Å². The lowest BCUT2D eigenvalue weighted by Crippen LogP contribution is -1.85. The highest BCUT2D eigenvalue weighted by atomic mass is 16.5. The molecule has 68 valence electrons. The minimum absolute atomic E-state index is 0.195. The van der Waals surface area contributed by atoms with Gasteiger partial charge in [-0.05, 0) is 19.8 Å². The van der Waals surface area contributed by atoms with Crippen LogP contribution in [0.25, 0.3) is 0 Å². The number of unbranched alkanes of at least 4 members (excludes halogenated alkanes) is 1. The van der Waals surface area contributed by atoms with Crippen molar-refractivity contribution in [1.29, 1.82) is 0 Å². The standard InChI is InChI=1S/C4H10O2.C4H8O/c5-3-1-2-4-6;1-3-5-4-2/h5-6H,1-4H2;3H,1,4H2,2H3. The SMILES string of the molecule is C=COCC.OCCCCO. The molecule has 0 radical (unpaired) electrons. The Morgan fingerprint density at radius 1 is 1.27 bits per heavy atom. The van der Waals surface area contributed by atoms with Crippen molar-refractivity contribution in [3.05, 3.63) is 12.8 Å². The van der Waals surface area contributed by atoms with Crippen molar-refractivity contribution in [1.82, 2.24) is 0 Å². The third-order valence-corrected chi connectivity index (χ3v) is 0.851. The summed E-state index contributed by atoms with van der Waals surface area (Å²) in [6, 6.07) is 0. The predicted molar refractivity (Wildman–Crippen MR) is 45.2 cm³/mol. The first-order valence-corrected chi connectivity index (χ1v) is 3.77. The summed E-state index contributed by atoms with van der Waals surface area (Å²) in [4.78, 5) is 0. The summed E-state index contributed by atoms with van der Waals surface area (Å²) in [5.41, 5.74) is 0. The molecule has 0 unspecified atom stereocenters. The molecule has 0 aromatic carbocycles. The molecule has 0 spiro atoms. The molecule has 0 saturated heterocycles. The average Bonchev–Trinajstić information content (AvgIpc) is 2.04. The second kappa shape index (κ2) is 16.2. The zero-order chi connectivity index (χ0) is 8.95. The molecule has 0 aromatic rings. The number of aliphatic hydroxyl groups is 2. The third-order valence-electron chi connectivity index (χ3n) is 0.851. The van der Waals surface area contributed by atoms with Crippen LogP contribution in [0.15, 0.2) is 12.8 Å². The van der Waals surface area contributed by atoms with Gasteiger partial charge < -0.3 is 14.9 Å². The molecule has 0 aliphatic rings. The lowest BCUT2D eigenvalue weighted by atomic mass is 10.3. The van der Waals surface area contributed by atoms with Crippen molar-refractivity contribution in [2.45, 2.75) is 19.8 Å². The highest BCUT2D eigenvalue weighted by Crippen LogP contribution is 1.80. The summed E-state index contributed by atoms with van der Waals surface area (Å²) in [6.07, 6.45) is 2.87. The van der Waals surface area contributed by atoms with E-state index in [1.54, 1.807) is 0 Å². The Morgan fingerprint density at radius 3 is 1.82 bits per heavy atom. The molecule has 0 heterocycles. The molecule has 3 heteroatoms. The van der Waals surface area contributed by atoms with E-state index in [1.165, 1.54) is 6.26 Å². The van der Waals surface area contributed by atoms with E-state index in [9.17, 15) is 0 Å². The van der Waals surface area contributed by atoms with Crippen molar-refractivity contribution in [2.75, 3.05) is 19.8 Å².